The van der Waals surface area contributed by atoms with E-state index in [1.807, 2.05) is 6.92 Å². The molecule has 0 spiro atoms. The molecule has 1 unspecified atom stereocenters. The number of rotatable bonds is 7. The molecule has 1 rings (SSSR count). The molecule has 1 aromatic carbocycles. The predicted octanol–water partition coefficient (Wildman–Crippen LogP) is 1.46. The monoisotopic (exact) mass is 318 g/mol. The third kappa shape index (κ3) is 4.99. The fraction of sp³-hybridized carbons (Fsp3) is 0.500. The van der Waals surface area contributed by atoms with Crippen molar-refractivity contribution in [3.8, 4) is 17.2 Å². The van der Waals surface area contributed by atoms with E-state index in [9.17, 15) is 4.79 Å². The number of halogens is 1. The van der Waals surface area contributed by atoms with Gasteiger partial charge in [-0.05, 0) is 12.5 Å². The molecule has 0 fully saturated rings. The van der Waals surface area contributed by atoms with E-state index in [2.05, 4.69) is 5.32 Å². The molecular formula is C14H23ClN2O4. The Kier molecular flexibility index (Phi) is 8.57. The molecule has 0 saturated carbocycles. The summed E-state index contributed by atoms with van der Waals surface area (Å²) in [6.45, 7) is 2.99. The number of nitrogens with two attached hydrogens (primary N) is 1. The molecule has 3 N–H and O–H groups in total. The van der Waals surface area contributed by atoms with Gasteiger partial charge < -0.3 is 25.3 Å². The summed E-state index contributed by atoms with van der Waals surface area (Å²) < 4.78 is 15.6. The van der Waals surface area contributed by atoms with Crippen LogP contribution in [0.1, 0.15) is 17.3 Å². The smallest absolute Gasteiger partial charge is 0.255 e. The van der Waals surface area contributed by atoms with E-state index >= 15 is 0 Å². The van der Waals surface area contributed by atoms with Crippen LogP contribution in [0.5, 0.6) is 17.2 Å². The van der Waals surface area contributed by atoms with Crippen molar-refractivity contribution < 1.29 is 19.0 Å². The van der Waals surface area contributed by atoms with Crippen molar-refractivity contribution in [2.24, 2.45) is 11.7 Å². The van der Waals surface area contributed by atoms with Gasteiger partial charge in [-0.1, -0.05) is 6.92 Å². The van der Waals surface area contributed by atoms with Crippen LogP contribution in [0.4, 0.5) is 0 Å². The second-order valence-electron chi connectivity index (χ2n) is 4.46. The Morgan fingerprint density at radius 2 is 1.67 bits per heavy atom. The highest BCUT2D eigenvalue weighted by Gasteiger charge is 2.17. The summed E-state index contributed by atoms with van der Waals surface area (Å²) in [5, 5.41) is 2.82. The van der Waals surface area contributed by atoms with Gasteiger partial charge in [-0.25, -0.2) is 0 Å². The van der Waals surface area contributed by atoms with Gasteiger partial charge in [-0.3, -0.25) is 4.79 Å². The molecule has 0 aliphatic carbocycles. The van der Waals surface area contributed by atoms with Gasteiger partial charge in [-0.2, -0.15) is 0 Å². The average Bonchev–Trinajstić information content (AvgIpc) is 2.50. The summed E-state index contributed by atoms with van der Waals surface area (Å²) in [6, 6.07) is 3.22. The SMILES string of the molecule is COc1cc(OC)c(C(=O)NCC(C)CN)cc1OC.Cl. The van der Waals surface area contributed by atoms with Crippen molar-refractivity contribution in [3.05, 3.63) is 17.7 Å². The Morgan fingerprint density at radius 3 is 2.14 bits per heavy atom. The van der Waals surface area contributed by atoms with Gasteiger partial charge in [-0.15, -0.1) is 12.4 Å². The zero-order valence-electron chi connectivity index (χ0n) is 12.8. The molecule has 7 heteroatoms. The molecule has 0 bridgehead atoms. The first kappa shape index (κ1) is 19.3. The molecule has 0 radical (unpaired) electrons. The minimum Gasteiger partial charge on any atom is -0.496 e. The Morgan fingerprint density at radius 1 is 1.14 bits per heavy atom. The first-order valence-corrected chi connectivity index (χ1v) is 6.35. The number of amides is 1. The molecule has 0 aromatic heterocycles. The lowest BCUT2D eigenvalue weighted by molar-refractivity contribution is 0.0945. The minimum atomic E-state index is -0.233. The maximum absolute atomic E-state index is 12.2. The maximum Gasteiger partial charge on any atom is 0.255 e. The number of carbonyl (C=O) groups excluding carboxylic acids is 1. The molecule has 1 amide bonds. The first-order chi connectivity index (χ1) is 9.57. The van der Waals surface area contributed by atoms with Crippen LogP contribution >= 0.6 is 12.4 Å². The van der Waals surface area contributed by atoms with Crippen LogP contribution in [0.15, 0.2) is 12.1 Å². The third-order valence-electron chi connectivity index (χ3n) is 2.96. The predicted molar refractivity (Wildman–Crippen MR) is 83.9 cm³/mol. The van der Waals surface area contributed by atoms with E-state index < -0.39 is 0 Å². The zero-order valence-corrected chi connectivity index (χ0v) is 13.6. The van der Waals surface area contributed by atoms with Crippen molar-refractivity contribution in [3.63, 3.8) is 0 Å². The normalized spacial score (nSPS) is 11.1. The molecule has 120 valence electrons. The number of ether oxygens (including phenoxy) is 3. The number of carbonyl (C=O) groups is 1. The van der Waals surface area contributed by atoms with Gasteiger partial charge in [0.15, 0.2) is 11.5 Å². The Hall–Kier alpha value is -1.66. The number of methoxy groups -OCH3 is 3. The quantitative estimate of drug-likeness (QED) is 0.795. The van der Waals surface area contributed by atoms with E-state index in [4.69, 9.17) is 19.9 Å². The van der Waals surface area contributed by atoms with Crippen LogP contribution in [0, 0.1) is 5.92 Å². The van der Waals surface area contributed by atoms with Crippen molar-refractivity contribution >= 4 is 18.3 Å². The third-order valence-corrected chi connectivity index (χ3v) is 2.96. The van der Waals surface area contributed by atoms with Crippen molar-refractivity contribution in [2.75, 3.05) is 34.4 Å². The highest BCUT2D eigenvalue weighted by atomic mass is 35.5. The molecule has 0 heterocycles. The van der Waals surface area contributed by atoms with Gasteiger partial charge in [0, 0.05) is 18.7 Å². The number of hydrogen-bond acceptors (Lipinski definition) is 5. The second-order valence-corrected chi connectivity index (χ2v) is 4.46. The van der Waals surface area contributed by atoms with Gasteiger partial charge in [0.1, 0.15) is 5.75 Å². The zero-order chi connectivity index (χ0) is 15.1. The lowest BCUT2D eigenvalue weighted by Crippen LogP contribution is -2.31. The highest BCUT2D eigenvalue weighted by molar-refractivity contribution is 5.97. The van der Waals surface area contributed by atoms with Gasteiger partial charge >= 0.3 is 0 Å². The van der Waals surface area contributed by atoms with Crippen LogP contribution in [0.2, 0.25) is 0 Å². The fourth-order valence-corrected chi connectivity index (χ4v) is 1.65. The highest BCUT2D eigenvalue weighted by Crippen LogP contribution is 2.34. The van der Waals surface area contributed by atoms with Gasteiger partial charge in [0.25, 0.3) is 5.91 Å². The van der Waals surface area contributed by atoms with Gasteiger partial charge in [0.05, 0.1) is 26.9 Å². The van der Waals surface area contributed by atoms with Crippen LogP contribution in [-0.4, -0.2) is 40.3 Å². The van der Waals surface area contributed by atoms with E-state index in [0.717, 1.165) is 0 Å². The van der Waals surface area contributed by atoms with Gasteiger partial charge in [0.2, 0.25) is 0 Å². The Balaban J connectivity index is 0.00000400. The largest absolute Gasteiger partial charge is 0.496 e. The van der Waals surface area contributed by atoms with Crippen LogP contribution in [-0.2, 0) is 0 Å². The van der Waals surface area contributed by atoms with E-state index in [-0.39, 0.29) is 24.2 Å². The van der Waals surface area contributed by atoms with E-state index in [1.165, 1.54) is 21.3 Å². The molecule has 6 nitrogen and oxygen atoms in total. The first-order valence-electron chi connectivity index (χ1n) is 6.35. The lowest BCUT2D eigenvalue weighted by Gasteiger charge is -2.15. The summed E-state index contributed by atoms with van der Waals surface area (Å²) in [7, 11) is 4.54. The number of nitrogens with one attached hydrogen (secondary N) is 1. The van der Waals surface area contributed by atoms with Crippen molar-refractivity contribution in [1.29, 1.82) is 0 Å². The summed E-state index contributed by atoms with van der Waals surface area (Å²) >= 11 is 0. The lowest BCUT2D eigenvalue weighted by atomic mass is 10.1. The molecule has 0 aliphatic heterocycles. The summed E-state index contributed by atoms with van der Waals surface area (Å²) in [5.74, 6) is 1.40. The van der Waals surface area contributed by atoms with E-state index in [1.54, 1.807) is 12.1 Å². The van der Waals surface area contributed by atoms with Crippen LogP contribution in [0.25, 0.3) is 0 Å². The van der Waals surface area contributed by atoms with Crippen molar-refractivity contribution in [2.45, 2.75) is 6.92 Å². The standard InChI is InChI=1S/C14H22N2O4.ClH/c1-9(7-15)8-16-14(17)10-5-12(19-3)13(20-4)6-11(10)18-2;/h5-6,9H,7-8,15H2,1-4H3,(H,16,17);1H. The Labute approximate surface area is 131 Å². The molecular weight excluding hydrogens is 296 g/mol. The van der Waals surface area contributed by atoms with Crippen molar-refractivity contribution in [1.82, 2.24) is 5.32 Å². The van der Waals surface area contributed by atoms with Crippen LogP contribution < -0.4 is 25.3 Å². The Bertz CT molecular complexity index is 469. The summed E-state index contributed by atoms with van der Waals surface area (Å²) in [6.07, 6.45) is 0. The molecule has 1 atom stereocenters. The average molecular weight is 319 g/mol. The van der Waals surface area contributed by atoms with E-state index in [0.29, 0.717) is 35.9 Å². The maximum atomic E-state index is 12.2. The number of hydrogen-bond donors (Lipinski definition) is 2. The molecule has 0 aliphatic rings. The second kappa shape index (κ2) is 9.31. The summed E-state index contributed by atoms with van der Waals surface area (Å²) in [5.41, 5.74) is 5.92. The molecule has 0 saturated heterocycles. The van der Waals surface area contributed by atoms with Crippen LogP contribution in [0.3, 0.4) is 0 Å². The molecule has 21 heavy (non-hydrogen) atoms. The fourth-order valence-electron chi connectivity index (χ4n) is 1.65. The molecule has 1 aromatic rings. The summed E-state index contributed by atoms with van der Waals surface area (Å²) in [4.78, 5) is 12.2. The number of benzene rings is 1. The minimum absolute atomic E-state index is 0. The topological polar surface area (TPSA) is 82.8 Å².